The molecule has 0 saturated heterocycles. The summed E-state index contributed by atoms with van der Waals surface area (Å²) >= 11 is 1.49. The van der Waals surface area contributed by atoms with E-state index in [-0.39, 0.29) is 5.91 Å². The fraction of sp³-hybridized carbons (Fsp3) is 0.545. The SMILES string of the molecule is CCCNCCNC(=O)c1sccc1C. The van der Waals surface area contributed by atoms with E-state index in [4.69, 9.17) is 0 Å². The van der Waals surface area contributed by atoms with Crippen molar-refractivity contribution in [1.29, 1.82) is 0 Å². The van der Waals surface area contributed by atoms with Crippen LogP contribution in [0.25, 0.3) is 0 Å². The molecule has 4 heteroatoms. The molecule has 0 bridgehead atoms. The Hall–Kier alpha value is -0.870. The molecule has 1 heterocycles. The second-order valence-corrected chi connectivity index (χ2v) is 4.35. The molecule has 0 saturated carbocycles. The maximum absolute atomic E-state index is 11.6. The third-order valence-corrected chi connectivity index (χ3v) is 3.10. The van der Waals surface area contributed by atoms with Gasteiger partial charge < -0.3 is 10.6 Å². The fourth-order valence-corrected chi connectivity index (χ4v) is 2.09. The fourth-order valence-electron chi connectivity index (χ4n) is 1.25. The van der Waals surface area contributed by atoms with Crippen molar-refractivity contribution < 1.29 is 4.79 Å². The minimum Gasteiger partial charge on any atom is -0.350 e. The van der Waals surface area contributed by atoms with E-state index in [1.54, 1.807) is 0 Å². The number of thiophene rings is 1. The van der Waals surface area contributed by atoms with Crippen LogP contribution in [0.2, 0.25) is 0 Å². The van der Waals surface area contributed by atoms with Crippen LogP contribution in [-0.2, 0) is 0 Å². The largest absolute Gasteiger partial charge is 0.350 e. The number of carbonyl (C=O) groups is 1. The monoisotopic (exact) mass is 226 g/mol. The smallest absolute Gasteiger partial charge is 0.261 e. The molecule has 0 aromatic carbocycles. The van der Waals surface area contributed by atoms with Gasteiger partial charge in [-0.1, -0.05) is 6.92 Å². The van der Waals surface area contributed by atoms with Gasteiger partial charge in [0.25, 0.3) is 5.91 Å². The lowest BCUT2D eigenvalue weighted by Crippen LogP contribution is -2.31. The van der Waals surface area contributed by atoms with Crippen LogP contribution >= 0.6 is 11.3 Å². The van der Waals surface area contributed by atoms with Gasteiger partial charge in [0.2, 0.25) is 0 Å². The van der Waals surface area contributed by atoms with Crippen LogP contribution in [0, 0.1) is 6.92 Å². The Morgan fingerprint density at radius 1 is 1.40 bits per heavy atom. The molecule has 1 aromatic rings. The molecule has 0 aliphatic rings. The Labute approximate surface area is 94.9 Å². The summed E-state index contributed by atoms with van der Waals surface area (Å²) in [6.45, 7) is 6.62. The molecule has 15 heavy (non-hydrogen) atoms. The molecule has 0 spiro atoms. The zero-order valence-corrected chi connectivity index (χ0v) is 10.1. The number of hydrogen-bond acceptors (Lipinski definition) is 3. The summed E-state index contributed by atoms with van der Waals surface area (Å²) < 4.78 is 0. The summed E-state index contributed by atoms with van der Waals surface area (Å²) in [5, 5.41) is 8.08. The molecule has 3 nitrogen and oxygen atoms in total. The van der Waals surface area contributed by atoms with E-state index in [9.17, 15) is 4.79 Å². The van der Waals surface area contributed by atoms with Gasteiger partial charge in [-0.25, -0.2) is 0 Å². The van der Waals surface area contributed by atoms with E-state index in [2.05, 4.69) is 17.6 Å². The minimum absolute atomic E-state index is 0.0424. The van der Waals surface area contributed by atoms with Crippen molar-refractivity contribution in [2.24, 2.45) is 0 Å². The molecule has 84 valence electrons. The maximum Gasteiger partial charge on any atom is 0.261 e. The molecule has 1 amide bonds. The summed E-state index contributed by atoms with van der Waals surface area (Å²) in [5.41, 5.74) is 1.05. The average molecular weight is 226 g/mol. The number of amides is 1. The van der Waals surface area contributed by atoms with Crippen LogP contribution < -0.4 is 10.6 Å². The molecule has 0 radical (unpaired) electrons. The highest BCUT2D eigenvalue weighted by Gasteiger charge is 2.08. The van der Waals surface area contributed by atoms with Gasteiger partial charge in [0.1, 0.15) is 0 Å². The predicted molar refractivity (Wildman–Crippen MR) is 64.5 cm³/mol. The topological polar surface area (TPSA) is 41.1 Å². The molecule has 0 fully saturated rings. The minimum atomic E-state index is 0.0424. The van der Waals surface area contributed by atoms with Crippen molar-refractivity contribution in [2.75, 3.05) is 19.6 Å². The van der Waals surface area contributed by atoms with Crippen molar-refractivity contribution in [3.63, 3.8) is 0 Å². The van der Waals surface area contributed by atoms with Gasteiger partial charge >= 0.3 is 0 Å². The van der Waals surface area contributed by atoms with E-state index in [0.717, 1.165) is 30.0 Å². The first kappa shape index (κ1) is 12.2. The summed E-state index contributed by atoms with van der Waals surface area (Å²) in [6.07, 6.45) is 1.12. The molecule has 0 unspecified atom stereocenters. The molecule has 0 aliphatic carbocycles. The Morgan fingerprint density at radius 3 is 2.80 bits per heavy atom. The molecular weight excluding hydrogens is 208 g/mol. The van der Waals surface area contributed by atoms with Gasteiger partial charge in [-0.3, -0.25) is 4.79 Å². The van der Waals surface area contributed by atoms with E-state index in [0.29, 0.717) is 6.54 Å². The van der Waals surface area contributed by atoms with Gasteiger partial charge in [-0.15, -0.1) is 11.3 Å². The first-order valence-electron chi connectivity index (χ1n) is 5.28. The van der Waals surface area contributed by atoms with Gasteiger partial charge in [0, 0.05) is 13.1 Å². The van der Waals surface area contributed by atoms with Crippen LogP contribution in [0.1, 0.15) is 28.6 Å². The van der Waals surface area contributed by atoms with E-state index >= 15 is 0 Å². The molecule has 0 atom stereocenters. The summed E-state index contributed by atoms with van der Waals surface area (Å²) in [6, 6.07) is 1.97. The van der Waals surface area contributed by atoms with E-state index in [1.807, 2.05) is 18.4 Å². The van der Waals surface area contributed by atoms with E-state index in [1.165, 1.54) is 11.3 Å². The molecule has 0 aliphatic heterocycles. The Morgan fingerprint density at radius 2 is 2.20 bits per heavy atom. The molecule has 2 N–H and O–H groups in total. The van der Waals surface area contributed by atoms with Crippen LogP contribution in [0.3, 0.4) is 0 Å². The van der Waals surface area contributed by atoms with E-state index < -0.39 is 0 Å². The quantitative estimate of drug-likeness (QED) is 0.726. The molecule has 1 rings (SSSR count). The van der Waals surface area contributed by atoms with Gasteiger partial charge in [0.05, 0.1) is 4.88 Å². The highest BCUT2D eigenvalue weighted by Crippen LogP contribution is 2.14. The third-order valence-electron chi connectivity index (χ3n) is 2.08. The first-order chi connectivity index (χ1) is 7.25. The second-order valence-electron chi connectivity index (χ2n) is 3.44. The van der Waals surface area contributed by atoms with Crippen molar-refractivity contribution in [3.8, 4) is 0 Å². The summed E-state index contributed by atoms with van der Waals surface area (Å²) in [5.74, 6) is 0.0424. The van der Waals surface area contributed by atoms with Crippen molar-refractivity contribution in [3.05, 3.63) is 21.9 Å². The zero-order valence-electron chi connectivity index (χ0n) is 9.30. The van der Waals surface area contributed by atoms with Gasteiger partial charge in [-0.05, 0) is 36.9 Å². The lowest BCUT2D eigenvalue weighted by atomic mass is 10.3. The van der Waals surface area contributed by atoms with Crippen LogP contribution in [0.5, 0.6) is 0 Å². The van der Waals surface area contributed by atoms with Crippen LogP contribution in [-0.4, -0.2) is 25.5 Å². The lowest BCUT2D eigenvalue weighted by Gasteiger charge is -2.05. The lowest BCUT2D eigenvalue weighted by molar-refractivity contribution is 0.0957. The predicted octanol–water partition coefficient (Wildman–Crippen LogP) is 1.79. The normalized spacial score (nSPS) is 10.3. The van der Waals surface area contributed by atoms with Crippen molar-refractivity contribution >= 4 is 17.2 Å². The average Bonchev–Trinajstić information content (AvgIpc) is 2.64. The second kappa shape index (κ2) is 6.58. The Bertz CT molecular complexity index is 309. The molecule has 1 aromatic heterocycles. The van der Waals surface area contributed by atoms with Crippen molar-refractivity contribution in [2.45, 2.75) is 20.3 Å². The summed E-state index contributed by atoms with van der Waals surface area (Å²) in [7, 11) is 0. The van der Waals surface area contributed by atoms with Crippen LogP contribution in [0.4, 0.5) is 0 Å². The summed E-state index contributed by atoms with van der Waals surface area (Å²) in [4.78, 5) is 12.5. The maximum atomic E-state index is 11.6. The zero-order chi connectivity index (χ0) is 11.1. The molecular formula is C11H18N2OS. The number of carbonyl (C=O) groups excluding carboxylic acids is 1. The van der Waals surface area contributed by atoms with Crippen molar-refractivity contribution in [1.82, 2.24) is 10.6 Å². The Balaban J connectivity index is 2.22. The third kappa shape index (κ3) is 4.01. The number of rotatable bonds is 6. The highest BCUT2D eigenvalue weighted by atomic mass is 32.1. The number of hydrogen-bond donors (Lipinski definition) is 2. The highest BCUT2D eigenvalue weighted by molar-refractivity contribution is 7.12. The number of aryl methyl sites for hydroxylation is 1. The standard InChI is InChI=1S/C11H18N2OS/c1-3-5-12-6-7-13-11(14)10-9(2)4-8-15-10/h4,8,12H,3,5-7H2,1-2H3,(H,13,14). The van der Waals surface area contributed by atoms with Crippen LogP contribution in [0.15, 0.2) is 11.4 Å². The Kier molecular flexibility index (Phi) is 5.36. The first-order valence-corrected chi connectivity index (χ1v) is 6.16. The van der Waals surface area contributed by atoms with Gasteiger partial charge in [0.15, 0.2) is 0 Å². The van der Waals surface area contributed by atoms with Gasteiger partial charge in [-0.2, -0.15) is 0 Å². The number of nitrogens with one attached hydrogen (secondary N) is 2.